The molecule has 0 fully saturated rings. The molecule has 0 spiro atoms. The number of carbonyl (C=O) groups is 1. The molecule has 1 atom stereocenters. The SMILES string of the molecule is NC(C(=O)O)c1cc(F)c(Cl)cc1Cl. The van der Waals surface area contributed by atoms with Crippen LogP contribution in [0.25, 0.3) is 0 Å². The lowest BCUT2D eigenvalue weighted by molar-refractivity contribution is -0.138. The van der Waals surface area contributed by atoms with Crippen LogP contribution >= 0.6 is 23.2 Å². The molecule has 0 heterocycles. The van der Waals surface area contributed by atoms with Crippen LogP contribution in [0.4, 0.5) is 4.39 Å². The van der Waals surface area contributed by atoms with Gasteiger partial charge in [0.05, 0.1) is 5.02 Å². The zero-order chi connectivity index (χ0) is 10.9. The molecular formula is C8H6Cl2FNO2. The fourth-order valence-electron chi connectivity index (χ4n) is 0.909. The Labute approximate surface area is 89.2 Å². The highest BCUT2D eigenvalue weighted by molar-refractivity contribution is 6.35. The summed E-state index contributed by atoms with van der Waals surface area (Å²) in [4.78, 5) is 10.5. The van der Waals surface area contributed by atoms with Gasteiger partial charge in [0.25, 0.3) is 0 Å². The van der Waals surface area contributed by atoms with Crippen LogP contribution in [0.3, 0.4) is 0 Å². The highest BCUT2D eigenvalue weighted by Crippen LogP contribution is 2.27. The summed E-state index contributed by atoms with van der Waals surface area (Å²) in [6.07, 6.45) is 0. The Morgan fingerprint density at radius 3 is 2.50 bits per heavy atom. The van der Waals surface area contributed by atoms with Crippen LogP contribution in [0.1, 0.15) is 11.6 Å². The lowest BCUT2D eigenvalue weighted by atomic mass is 10.1. The van der Waals surface area contributed by atoms with E-state index in [0.717, 1.165) is 12.1 Å². The molecule has 14 heavy (non-hydrogen) atoms. The zero-order valence-electron chi connectivity index (χ0n) is 6.80. The molecule has 3 N–H and O–H groups in total. The first-order valence-electron chi connectivity index (χ1n) is 3.56. The van der Waals surface area contributed by atoms with Crippen molar-refractivity contribution in [1.29, 1.82) is 0 Å². The number of hydrogen-bond donors (Lipinski definition) is 2. The van der Waals surface area contributed by atoms with Crippen molar-refractivity contribution >= 4 is 29.2 Å². The van der Waals surface area contributed by atoms with Gasteiger partial charge in [-0.25, -0.2) is 4.39 Å². The Morgan fingerprint density at radius 2 is 2.00 bits per heavy atom. The lowest BCUT2D eigenvalue weighted by Gasteiger charge is -2.09. The average molecular weight is 238 g/mol. The summed E-state index contributed by atoms with van der Waals surface area (Å²) in [6.45, 7) is 0. The Morgan fingerprint density at radius 1 is 1.43 bits per heavy atom. The summed E-state index contributed by atoms with van der Waals surface area (Å²) in [6, 6.07) is 0.689. The fraction of sp³-hybridized carbons (Fsp3) is 0.125. The molecule has 3 nitrogen and oxygen atoms in total. The molecule has 0 aliphatic heterocycles. The maximum Gasteiger partial charge on any atom is 0.325 e. The summed E-state index contributed by atoms with van der Waals surface area (Å²) in [5, 5.41) is 8.44. The summed E-state index contributed by atoms with van der Waals surface area (Å²) in [5.41, 5.74) is 5.26. The van der Waals surface area contributed by atoms with Gasteiger partial charge in [0.2, 0.25) is 0 Å². The van der Waals surface area contributed by atoms with Gasteiger partial charge in [0.15, 0.2) is 0 Å². The van der Waals surface area contributed by atoms with E-state index < -0.39 is 17.8 Å². The van der Waals surface area contributed by atoms with Gasteiger partial charge < -0.3 is 10.8 Å². The van der Waals surface area contributed by atoms with E-state index >= 15 is 0 Å². The third-order valence-electron chi connectivity index (χ3n) is 1.64. The number of benzene rings is 1. The maximum atomic E-state index is 12.9. The Balaban J connectivity index is 3.22. The molecule has 1 aromatic carbocycles. The normalized spacial score (nSPS) is 12.6. The van der Waals surface area contributed by atoms with Crippen LogP contribution in [0.5, 0.6) is 0 Å². The highest BCUT2D eigenvalue weighted by Gasteiger charge is 2.19. The zero-order valence-corrected chi connectivity index (χ0v) is 8.31. The molecule has 76 valence electrons. The summed E-state index contributed by atoms with van der Waals surface area (Å²) in [7, 11) is 0. The van der Waals surface area contributed by atoms with Gasteiger partial charge in [-0.3, -0.25) is 4.79 Å². The second-order valence-corrected chi connectivity index (χ2v) is 3.42. The predicted octanol–water partition coefficient (Wildman–Crippen LogP) is 2.22. The third kappa shape index (κ3) is 2.15. The number of carboxylic acids is 1. The predicted molar refractivity (Wildman–Crippen MR) is 51.0 cm³/mol. The van der Waals surface area contributed by atoms with E-state index in [9.17, 15) is 9.18 Å². The number of rotatable bonds is 2. The van der Waals surface area contributed by atoms with Gasteiger partial charge >= 0.3 is 5.97 Å². The van der Waals surface area contributed by atoms with E-state index in [2.05, 4.69) is 0 Å². The third-order valence-corrected chi connectivity index (χ3v) is 2.26. The second kappa shape index (κ2) is 4.13. The molecule has 0 amide bonds. The number of aliphatic carboxylic acids is 1. The molecule has 1 aromatic rings. The van der Waals surface area contributed by atoms with E-state index in [1.54, 1.807) is 0 Å². The van der Waals surface area contributed by atoms with Gasteiger partial charge in [-0.15, -0.1) is 0 Å². The smallest absolute Gasteiger partial charge is 0.325 e. The maximum absolute atomic E-state index is 12.9. The highest BCUT2D eigenvalue weighted by atomic mass is 35.5. The Bertz CT molecular complexity index is 384. The summed E-state index contributed by atoms with van der Waals surface area (Å²) >= 11 is 11.1. The first-order valence-corrected chi connectivity index (χ1v) is 4.32. The molecule has 0 aromatic heterocycles. The minimum absolute atomic E-state index is 0.000988. The topological polar surface area (TPSA) is 63.3 Å². The van der Waals surface area contributed by atoms with Gasteiger partial charge in [0, 0.05) is 10.6 Å². The molecular weight excluding hydrogens is 232 g/mol. The second-order valence-electron chi connectivity index (χ2n) is 2.60. The van der Waals surface area contributed by atoms with Gasteiger partial charge in [-0.05, 0) is 12.1 Å². The summed E-state index contributed by atoms with van der Waals surface area (Å²) < 4.78 is 12.9. The fourth-order valence-corrected chi connectivity index (χ4v) is 1.41. The summed E-state index contributed by atoms with van der Waals surface area (Å²) in [5.74, 6) is -2.03. The first kappa shape index (κ1) is 11.2. The van der Waals surface area contributed by atoms with Crippen molar-refractivity contribution in [2.24, 2.45) is 5.73 Å². The van der Waals surface area contributed by atoms with E-state index in [1.807, 2.05) is 0 Å². The number of hydrogen-bond acceptors (Lipinski definition) is 2. The van der Waals surface area contributed by atoms with E-state index in [4.69, 9.17) is 34.0 Å². The molecule has 6 heteroatoms. The van der Waals surface area contributed by atoms with Crippen molar-refractivity contribution < 1.29 is 14.3 Å². The van der Waals surface area contributed by atoms with Crippen LogP contribution in [0.2, 0.25) is 10.0 Å². The van der Waals surface area contributed by atoms with Crippen LogP contribution in [-0.2, 0) is 4.79 Å². The van der Waals surface area contributed by atoms with Gasteiger partial charge in [0.1, 0.15) is 11.9 Å². The Kier molecular flexibility index (Phi) is 3.31. The number of nitrogens with two attached hydrogens (primary N) is 1. The molecule has 0 aliphatic rings. The molecule has 0 aliphatic carbocycles. The van der Waals surface area contributed by atoms with E-state index in [-0.39, 0.29) is 15.6 Å². The standard InChI is InChI=1S/C8H6Cl2FNO2/c9-4-2-5(10)6(11)1-3(4)7(12)8(13)14/h1-2,7H,12H2,(H,13,14). The molecule has 0 bridgehead atoms. The number of carboxylic acid groups (broad SMARTS) is 1. The van der Waals surface area contributed by atoms with E-state index in [0.29, 0.717) is 0 Å². The van der Waals surface area contributed by atoms with Gasteiger partial charge in [-0.1, -0.05) is 23.2 Å². The molecule has 1 rings (SSSR count). The van der Waals surface area contributed by atoms with Crippen molar-refractivity contribution in [2.45, 2.75) is 6.04 Å². The molecule has 1 unspecified atom stereocenters. The average Bonchev–Trinajstić information content (AvgIpc) is 2.10. The van der Waals surface area contributed by atoms with Crippen LogP contribution < -0.4 is 5.73 Å². The van der Waals surface area contributed by atoms with Crippen LogP contribution in [0.15, 0.2) is 12.1 Å². The van der Waals surface area contributed by atoms with E-state index in [1.165, 1.54) is 0 Å². The molecule has 0 saturated heterocycles. The minimum atomic E-state index is -1.35. The minimum Gasteiger partial charge on any atom is -0.480 e. The van der Waals surface area contributed by atoms with Gasteiger partial charge in [-0.2, -0.15) is 0 Å². The van der Waals surface area contributed by atoms with Crippen LogP contribution in [0, 0.1) is 5.82 Å². The number of halogens is 3. The van der Waals surface area contributed by atoms with Crippen molar-refractivity contribution in [3.63, 3.8) is 0 Å². The molecule has 0 saturated carbocycles. The van der Waals surface area contributed by atoms with Crippen LogP contribution in [-0.4, -0.2) is 11.1 Å². The van der Waals surface area contributed by atoms with Crippen molar-refractivity contribution in [3.05, 3.63) is 33.6 Å². The van der Waals surface area contributed by atoms with Crippen molar-refractivity contribution in [1.82, 2.24) is 0 Å². The van der Waals surface area contributed by atoms with Crippen molar-refractivity contribution in [3.8, 4) is 0 Å². The van der Waals surface area contributed by atoms with Crippen molar-refractivity contribution in [2.75, 3.05) is 0 Å². The quantitative estimate of drug-likeness (QED) is 0.776. The Hall–Kier alpha value is -0.840. The molecule has 0 radical (unpaired) electrons. The monoisotopic (exact) mass is 237 g/mol. The largest absolute Gasteiger partial charge is 0.480 e. The first-order chi connectivity index (χ1) is 6.43. The lowest BCUT2D eigenvalue weighted by Crippen LogP contribution is -2.21.